The minimum Gasteiger partial charge on any atom is -0.363 e. The van der Waals surface area contributed by atoms with Crippen LogP contribution in [0.15, 0.2) is 17.5 Å². The molecule has 4 heteroatoms. The van der Waals surface area contributed by atoms with Crippen LogP contribution < -0.4 is 0 Å². The minimum absolute atomic E-state index is 0.596. The lowest BCUT2D eigenvalue weighted by atomic mass is 9.94. The Labute approximate surface area is 115 Å². The third-order valence-electron chi connectivity index (χ3n) is 4.50. The van der Waals surface area contributed by atoms with E-state index in [1.54, 1.807) is 6.33 Å². The Kier molecular flexibility index (Phi) is 4.16. The van der Waals surface area contributed by atoms with Crippen LogP contribution in [0, 0.1) is 0 Å². The topological polar surface area (TPSA) is 44.3 Å². The van der Waals surface area contributed by atoms with Crippen LogP contribution in [0.3, 0.4) is 0 Å². The third-order valence-corrected chi connectivity index (χ3v) is 4.50. The first-order valence-electron chi connectivity index (χ1n) is 7.67. The summed E-state index contributed by atoms with van der Waals surface area (Å²) in [5.41, 5.74) is 1.30. The van der Waals surface area contributed by atoms with Crippen molar-refractivity contribution in [2.75, 3.05) is 13.1 Å². The molecule has 104 valence electrons. The van der Waals surface area contributed by atoms with Gasteiger partial charge in [0.2, 0.25) is 0 Å². The highest BCUT2D eigenvalue weighted by molar-refractivity contribution is 5.55. The zero-order chi connectivity index (χ0) is 12.9. The van der Waals surface area contributed by atoms with Crippen molar-refractivity contribution in [1.29, 1.82) is 0 Å². The minimum atomic E-state index is 0.596. The zero-order valence-electron chi connectivity index (χ0n) is 11.6. The van der Waals surface area contributed by atoms with Gasteiger partial charge in [-0.2, -0.15) is 0 Å². The van der Waals surface area contributed by atoms with Crippen LogP contribution >= 0.6 is 0 Å². The molecule has 1 aromatic rings. The predicted molar refractivity (Wildman–Crippen MR) is 77.5 cm³/mol. The maximum absolute atomic E-state index is 4.78. The summed E-state index contributed by atoms with van der Waals surface area (Å²) in [7, 11) is 0. The third kappa shape index (κ3) is 3.37. The molecule has 1 aromatic heterocycles. The monoisotopic (exact) mass is 260 g/mol. The average Bonchev–Trinajstić information content (AvgIpc) is 3.01. The van der Waals surface area contributed by atoms with E-state index in [0.717, 1.165) is 13.1 Å². The summed E-state index contributed by atoms with van der Waals surface area (Å²) in [5, 5.41) is 0. The molecule has 1 saturated heterocycles. The van der Waals surface area contributed by atoms with Gasteiger partial charge in [-0.1, -0.05) is 19.3 Å². The number of likely N-dealkylation sites (tertiary alicyclic amines) is 1. The lowest BCUT2D eigenvalue weighted by molar-refractivity contribution is 0.315. The van der Waals surface area contributed by atoms with Gasteiger partial charge in [-0.15, -0.1) is 0 Å². The van der Waals surface area contributed by atoms with E-state index in [1.807, 2.05) is 6.20 Å². The molecular weight excluding hydrogens is 236 g/mol. The Balaban J connectivity index is 1.46. The summed E-state index contributed by atoms with van der Waals surface area (Å²) in [6.07, 6.45) is 15.0. The molecule has 0 unspecified atom stereocenters. The number of H-pyrrole nitrogens is 1. The fourth-order valence-corrected chi connectivity index (χ4v) is 3.23. The summed E-state index contributed by atoms with van der Waals surface area (Å²) < 4.78 is 0. The number of nitrogens with zero attached hydrogens (tertiary/aromatic N) is 3. The Hall–Kier alpha value is -1.32. The largest absolute Gasteiger partial charge is 0.363 e. The Morgan fingerprint density at radius 3 is 2.63 bits per heavy atom. The molecule has 2 aliphatic rings. The Bertz CT molecular complexity index is 384. The van der Waals surface area contributed by atoms with Crippen molar-refractivity contribution in [2.24, 2.45) is 4.99 Å². The van der Waals surface area contributed by atoms with E-state index in [-0.39, 0.29) is 0 Å². The van der Waals surface area contributed by atoms with Crippen LogP contribution in [0.1, 0.15) is 56.6 Å². The number of aliphatic imine (C=N–C) groups is 1. The van der Waals surface area contributed by atoms with Gasteiger partial charge in [0.1, 0.15) is 0 Å². The van der Waals surface area contributed by atoms with Gasteiger partial charge in [0.25, 0.3) is 0 Å². The quantitative estimate of drug-likeness (QED) is 0.671. The maximum atomic E-state index is 4.78. The highest BCUT2D eigenvalue weighted by atomic mass is 15.2. The lowest BCUT2D eigenvalue weighted by Gasteiger charge is -2.30. The van der Waals surface area contributed by atoms with E-state index in [9.17, 15) is 0 Å². The molecule has 2 fully saturated rings. The summed E-state index contributed by atoms with van der Waals surface area (Å²) in [6.45, 7) is 2.25. The van der Waals surface area contributed by atoms with Crippen LogP contribution in [-0.4, -0.2) is 40.3 Å². The fourth-order valence-electron chi connectivity index (χ4n) is 3.23. The van der Waals surface area contributed by atoms with Gasteiger partial charge in [0.15, 0.2) is 0 Å². The predicted octanol–water partition coefficient (Wildman–Crippen LogP) is 2.95. The highest BCUT2D eigenvalue weighted by Gasteiger charge is 2.20. The summed E-state index contributed by atoms with van der Waals surface area (Å²) >= 11 is 0. The summed E-state index contributed by atoms with van der Waals surface area (Å²) in [4.78, 5) is 14.5. The number of nitrogens with one attached hydrogen (secondary N) is 1. The molecule has 1 saturated carbocycles. The molecule has 0 amide bonds. The molecule has 0 aromatic carbocycles. The van der Waals surface area contributed by atoms with Crippen molar-refractivity contribution in [2.45, 2.75) is 56.9 Å². The second-order valence-corrected chi connectivity index (χ2v) is 5.87. The second kappa shape index (κ2) is 6.22. The lowest BCUT2D eigenvalue weighted by Crippen LogP contribution is -2.32. The molecule has 0 radical (unpaired) electrons. The number of imidazole rings is 1. The molecule has 19 heavy (non-hydrogen) atoms. The summed E-state index contributed by atoms with van der Waals surface area (Å²) in [6, 6.07) is 0.596. The fraction of sp³-hybridized carbons (Fsp3) is 0.733. The molecule has 2 heterocycles. The van der Waals surface area contributed by atoms with E-state index in [2.05, 4.69) is 21.2 Å². The van der Waals surface area contributed by atoms with Gasteiger partial charge in [-0.3, -0.25) is 4.99 Å². The van der Waals surface area contributed by atoms with Crippen LogP contribution in [0.4, 0.5) is 0 Å². The number of hydrogen-bond acceptors (Lipinski definition) is 2. The molecule has 0 atom stereocenters. The van der Waals surface area contributed by atoms with Gasteiger partial charge in [0, 0.05) is 30.9 Å². The number of piperidine rings is 1. The van der Waals surface area contributed by atoms with Crippen molar-refractivity contribution in [3.63, 3.8) is 0 Å². The molecule has 1 aliphatic heterocycles. The Morgan fingerprint density at radius 2 is 1.95 bits per heavy atom. The highest BCUT2D eigenvalue weighted by Crippen LogP contribution is 2.26. The van der Waals surface area contributed by atoms with Crippen LogP contribution in [0.25, 0.3) is 0 Å². The zero-order valence-corrected chi connectivity index (χ0v) is 11.6. The van der Waals surface area contributed by atoms with Crippen molar-refractivity contribution in [3.05, 3.63) is 18.2 Å². The van der Waals surface area contributed by atoms with Crippen molar-refractivity contribution >= 4 is 6.34 Å². The molecule has 3 rings (SSSR count). The van der Waals surface area contributed by atoms with Crippen molar-refractivity contribution in [3.8, 4) is 0 Å². The van der Waals surface area contributed by atoms with Gasteiger partial charge >= 0.3 is 0 Å². The normalized spacial score (nSPS) is 23.3. The maximum Gasteiger partial charge on any atom is 0.0921 e. The van der Waals surface area contributed by atoms with E-state index < -0.39 is 0 Å². The van der Waals surface area contributed by atoms with Crippen molar-refractivity contribution < 1.29 is 0 Å². The van der Waals surface area contributed by atoms with Crippen LogP contribution in [0.5, 0.6) is 0 Å². The first-order valence-corrected chi connectivity index (χ1v) is 7.67. The number of hydrogen-bond donors (Lipinski definition) is 1. The van der Waals surface area contributed by atoms with Gasteiger partial charge in [-0.05, 0) is 25.7 Å². The molecule has 1 aliphatic carbocycles. The van der Waals surface area contributed by atoms with Gasteiger partial charge in [0.05, 0.1) is 18.7 Å². The van der Waals surface area contributed by atoms with E-state index in [1.165, 1.54) is 50.6 Å². The second-order valence-electron chi connectivity index (χ2n) is 5.87. The molecule has 1 N–H and O–H groups in total. The standard InChI is InChI=1S/C15H24N4/c1-2-4-14(5-3-1)18-12-19-8-6-13(7-9-19)15-10-16-11-17-15/h10-14H,1-9H2,(H,16,17). The first kappa shape index (κ1) is 12.7. The van der Waals surface area contributed by atoms with Crippen LogP contribution in [-0.2, 0) is 0 Å². The molecular formula is C15H24N4. The smallest absolute Gasteiger partial charge is 0.0921 e. The summed E-state index contributed by atoms with van der Waals surface area (Å²) in [5.74, 6) is 0.654. The van der Waals surface area contributed by atoms with E-state index >= 15 is 0 Å². The molecule has 0 bridgehead atoms. The number of aromatic nitrogens is 2. The number of aromatic amines is 1. The molecule has 4 nitrogen and oxygen atoms in total. The SMILES string of the molecule is C(=NC1CCCCC1)N1CCC(c2cnc[nH]2)CC1. The van der Waals surface area contributed by atoms with Gasteiger partial charge in [-0.25, -0.2) is 4.98 Å². The van der Waals surface area contributed by atoms with E-state index in [0.29, 0.717) is 12.0 Å². The Morgan fingerprint density at radius 1 is 1.16 bits per heavy atom. The molecule has 0 spiro atoms. The van der Waals surface area contributed by atoms with Crippen LogP contribution in [0.2, 0.25) is 0 Å². The number of rotatable bonds is 3. The first-order chi connectivity index (χ1) is 9.42. The van der Waals surface area contributed by atoms with Gasteiger partial charge < -0.3 is 9.88 Å². The van der Waals surface area contributed by atoms with Crippen molar-refractivity contribution in [1.82, 2.24) is 14.9 Å². The average molecular weight is 260 g/mol. The van der Waals surface area contributed by atoms with E-state index in [4.69, 9.17) is 4.99 Å².